The first kappa shape index (κ1) is 26.9. The van der Waals surface area contributed by atoms with Gasteiger partial charge in [0, 0.05) is 34.7 Å². The average molecular weight is 520 g/mol. The second-order valence-corrected chi connectivity index (χ2v) is 10.4. The molecule has 0 bridgehead atoms. The highest BCUT2D eigenvalue weighted by atomic mass is 35.5. The number of amides is 1. The Hall–Kier alpha value is -3.12. The van der Waals surface area contributed by atoms with Crippen LogP contribution in [0.3, 0.4) is 0 Å². The maximum atomic E-state index is 13.9. The zero-order valence-electron chi connectivity index (χ0n) is 21.8. The molecule has 1 aliphatic heterocycles. The van der Waals surface area contributed by atoms with E-state index in [2.05, 4.69) is 19.6 Å². The molecule has 3 aromatic carbocycles. The molecule has 6 heteroatoms. The predicted octanol–water partition coefficient (Wildman–Crippen LogP) is 5.37. The van der Waals surface area contributed by atoms with Crippen LogP contribution in [-0.4, -0.2) is 35.0 Å². The molecule has 2 atom stereocenters. The molecule has 1 heterocycles. The number of hydrogen-bond donors (Lipinski definition) is 2. The zero-order valence-corrected chi connectivity index (χ0v) is 22.5. The first-order valence-corrected chi connectivity index (χ1v) is 13.3. The average Bonchev–Trinajstić information content (AvgIpc) is 2.88. The smallest absolute Gasteiger partial charge is 0.254 e. The van der Waals surface area contributed by atoms with Crippen LogP contribution in [0.15, 0.2) is 84.1 Å². The van der Waals surface area contributed by atoms with Gasteiger partial charge in [-0.25, -0.2) is 0 Å². The second kappa shape index (κ2) is 12.0. The van der Waals surface area contributed by atoms with Crippen LogP contribution in [0.2, 0.25) is 5.02 Å². The van der Waals surface area contributed by atoms with E-state index in [1.807, 2.05) is 72.5 Å². The van der Waals surface area contributed by atoms with Gasteiger partial charge in [0.25, 0.3) is 5.91 Å². The summed E-state index contributed by atoms with van der Waals surface area (Å²) in [6.07, 6.45) is 0.388. The first-order valence-electron chi connectivity index (χ1n) is 12.9. The molecular weight excluding hydrogens is 484 g/mol. The monoisotopic (exact) mass is 519 g/mol. The highest BCUT2D eigenvalue weighted by Crippen LogP contribution is 2.43. The van der Waals surface area contributed by atoms with Crippen LogP contribution in [-0.2, 0) is 6.42 Å². The number of nitrogens with zero attached hydrogens (tertiary/aromatic N) is 1. The molecule has 1 unspecified atom stereocenters. The molecule has 4 rings (SSSR count). The van der Waals surface area contributed by atoms with Crippen molar-refractivity contribution in [2.45, 2.75) is 45.8 Å². The fraction of sp³-hybridized carbons (Fsp3) is 0.323. The highest BCUT2D eigenvalue weighted by molar-refractivity contribution is 6.30. The van der Waals surface area contributed by atoms with Gasteiger partial charge in [0.1, 0.15) is 17.6 Å². The van der Waals surface area contributed by atoms with Crippen LogP contribution >= 0.6 is 11.6 Å². The SMILES string of the molecule is Cc1ccc(C(=O)N(CCC[NH3+])[C@@H](C2=C(Cc3ccccc3)C(O)c3ccc(Cl)cc3O2)C(C)C)cc1. The molecule has 4 N–H and O–H groups in total. The van der Waals surface area contributed by atoms with Crippen molar-refractivity contribution in [3.63, 3.8) is 0 Å². The van der Waals surface area contributed by atoms with E-state index in [0.717, 1.165) is 23.1 Å². The van der Waals surface area contributed by atoms with Crippen molar-refractivity contribution in [2.75, 3.05) is 13.1 Å². The third kappa shape index (κ3) is 6.07. The molecular formula is C31H36ClN2O3+. The molecule has 0 saturated carbocycles. The molecule has 37 heavy (non-hydrogen) atoms. The lowest BCUT2D eigenvalue weighted by atomic mass is 9.86. The van der Waals surface area contributed by atoms with Gasteiger partial charge in [-0.1, -0.05) is 79.5 Å². The van der Waals surface area contributed by atoms with Crippen LogP contribution in [0.5, 0.6) is 5.75 Å². The molecule has 3 aromatic rings. The highest BCUT2D eigenvalue weighted by Gasteiger charge is 2.38. The summed E-state index contributed by atoms with van der Waals surface area (Å²) in [5.41, 5.74) is 8.23. The number of hydrogen-bond acceptors (Lipinski definition) is 3. The van der Waals surface area contributed by atoms with Crippen molar-refractivity contribution in [3.8, 4) is 5.75 Å². The standard InChI is InChI=1S/C31H35ClN2O3/c1-20(2)28(34(17-7-16-33)31(36)23-12-10-21(3)11-13-23)30-26(18-22-8-5-4-6-9-22)29(35)25-15-14-24(32)19-27(25)37-30/h4-6,8-15,19-20,28-29,35H,7,16-18,33H2,1-3H3/p+1/t28-,29?/m1/s1. The normalized spacial score (nSPS) is 15.8. The van der Waals surface area contributed by atoms with Gasteiger partial charge in [0.15, 0.2) is 0 Å². The third-order valence-electron chi connectivity index (χ3n) is 6.82. The second-order valence-electron chi connectivity index (χ2n) is 10.00. The minimum Gasteiger partial charge on any atom is -0.459 e. The largest absolute Gasteiger partial charge is 0.459 e. The number of fused-ring (bicyclic) bond motifs is 1. The zero-order chi connectivity index (χ0) is 26.5. The van der Waals surface area contributed by atoms with Crippen molar-refractivity contribution in [2.24, 2.45) is 5.92 Å². The lowest BCUT2D eigenvalue weighted by Gasteiger charge is -2.39. The van der Waals surface area contributed by atoms with Gasteiger partial charge in [0.2, 0.25) is 0 Å². The lowest BCUT2D eigenvalue weighted by molar-refractivity contribution is -0.368. The number of quaternary nitrogens is 1. The number of carbonyl (C=O) groups excluding carboxylic acids is 1. The van der Waals surface area contributed by atoms with Crippen molar-refractivity contribution in [3.05, 3.63) is 111 Å². The number of benzene rings is 3. The molecule has 5 nitrogen and oxygen atoms in total. The molecule has 0 radical (unpaired) electrons. The quantitative estimate of drug-likeness (QED) is 0.399. The summed E-state index contributed by atoms with van der Waals surface area (Å²) < 4.78 is 6.58. The van der Waals surface area contributed by atoms with E-state index in [-0.39, 0.29) is 17.9 Å². The number of aliphatic hydroxyl groups is 1. The Morgan fingerprint density at radius 2 is 1.78 bits per heavy atom. The van der Waals surface area contributed by atoms with Gasteiger partial charge in [-0.3, -0.25) is 4.79 Å². The van der Waals surface area contributed by atoms with Gasteiger partial charge in [-0.15, -0.1) is 0 Å². The number of aliphatic hydroxyl groups excluding tert-OH is 1. The third-order valence-corrected chi connectivity index (χ3v) is 7.05. The summed E-state index contributed by atoms with van der Waals surface area (Å²) in [4.78, 5) is 15.8. The van der Waals surface area contributed by atoms with Crippen LogP contribution in [0.1, 0.15) is 53.4 Å². The molecule has 0 spiro atoms. The van der Waals surface area contributed by atoms with Crippen molar-refractivity contribution in [1.29, 1.82) is 0 Å². The van der Waals surface area contributed by atoms with E-state index in [0.29, 0.717) is 47.2 Å². The minimum absolute atomic E-state index is 0.0212. The maximum Gasteiger partial charge on any atom is 0.254 e. The van der Waals surface area contributed by atoms with Crippen LogP contribution < -0.4 is 10.5 Å². The lowest BCUT2D eigenvalue weighted by Crippen LogP contribution is -2.53. The Balaban J connectivity index is 1.85. The summed E-state index contributed by atoms with van der Waals surface area (Å²) in [5.74, 6) is 1.10. The van der Waals surface area contributed by atoms with Crippen LogP contribution in [0.4, 0.5) is 0 Å². The molecule has 0 aliphatic carbocycles. The van der Waals surface area contributed by atoms with Crippen molar-refractivity contribution < 1.29 is 20.4 Å². The predicted molar refractivity (Wildman–Crippen MR) is 147 cm³/mol. The van der Waals surface area contributed by atoms with Gasteiger partial charge in [0.05, 0.1) is 12.6 Å². The van der Waals surface area contributed by atoms with E-state index < -0.39 is 6.10 Å². The summed E-state index contributed by atoms with van der Waals surface area (Å²) in [6, 6.07) is 22.6. The Morgan fingerprint density at radius 1 is 1.08 bits per heavy atom. The Bertz CT molecular complexity index is 1260. The van der Waals surface area contributed by atoms with Gasteiger partial charge in [-0.05, 0) is 49.1 Å². The minimum atomic E-state index is -0.873. The fourth-order valence-corrected chi connectivity index (χ4v) is 5.06. The maximum absolute atomic E-state index is 13.9. The Labute approximate surface area is 224 Å². The van der Waals surface area contributed by atoms with E-state index in [9.17, 15) is 9.90 Å². The van der Waals surface area contributed by atoms with E-state index in [1.54, 1.807) is 12.1 Å². The molecule has 0 fully saturated rings. The number of carbonyl (C=O) groups is 1. The molecule has 0 saturated heterocycles. The Kier molecular flexibility index (Phi) is 8.70. The van der Waals surface area contributed by atoms with E-state index >= 15 is 0 Å². The first-order chi connectivity index (χ1) is 17.8. The molecule has 1 aliphatic rings. The summed E-state index contributed by atoms with van der Waals surface area (Å²) >= 11 is 6.31. The number of halogens is 1. The molecule has 194 valence electrons. The van der Waals surface area contributed by atoms with Gasteiger partial charge < -0.3 is 20.5 Å². The molecule has 0 aromatic heterocycles. The van der Waals surface area contributed by atoms with Crippen LogP contribution in [0.25, 0.3) is 0 Å². The number of rotatable bonds is 9. The van der Waals surface area contributed by atoms with E-state index in [4.69, 9.17) is 16.3 Å². The number of ether oxygens (including phenoxy) is 1. The Morgan fingerprint density at radius 3 is 2.43 bits per heavy atom. The van der Waals surface area contributed by atoms with Gasteiger partial charge >= 0.3 is 0 Å². The number of aryl methyl sites for hydroxylation is 1. The van der Waals surface area contributed by atoms with Crippen LogP contribution in [0, 0.1) is 12.8 Å². The molecule has 1 amide bonds. The van der Waals surface area contributed by atoms with Crippen molar-refractivity contribution >= 4 is 17.5 Å². The summed E-state index contributed by atoms with van der Waals surface area (Å²) in [7, 11) is 0. The summed E-state index contributed by atoms with van der Waals surface area (Å²) in [6.45, 7) is 7.41. The topological polar surface area (TPSA) is 77.4 Å². The fourth-order valence-electron chi connectivity index (χ4n) is 4.89. The van der Waals surface area contributed by atoms with Gasteiger partial charge in [-0.2, -0.15) is 0 Å². The van der Waals surface area contributed by atoms with E-state index in [1.165, 1.54) is 0 Å². The van der Waals surface area contributed by atoms with Crippen molar-refractivity contribution in [1.82, 2.24) is 4.90 Å². The summed E-state index contributed by atoms with van der Waals surface area (Å²) in [5, 5.41) is 12.2.